The zero-order valence-electron chi connectivity index (χ0n) is 11.9. The number of aromatic nitrogens is 2. The molecule has 0 saturated carbocycles. The molecule has 2 heterocycles. The number of ether oxygens (including phenoxy) is 1. The van der Waals surface area contributed by atoms with Crippen molar-refractivity contribution in [1.29, 1.82) is 0 Å². The van der Waals surface area contributed by atoms with Crippen molar-refractivity contribution in [2.75, 3.05) is 43.1 Å². The van der Waals surface area contributed by atoms with E-state index in [1.165, 1.54) is 18.5 Å². The summed E-state index contributed by atoms with van der Waals surface area (Å²) in [5.74, 6) is 1.24. The molecule has 6 heteroatoms. The van der Waals surface area contributed by atoms with Crippen molar-refractivity contribution in [2.45, 2.75) is 0 Å². The van der Waals surface area contributed by atoms with Crippen molar-refractivity contribution < 1.29 is 9.13 Å². The summed E-state index contributed by atoms with van der Waals surface area (Å²) in [6, 6.07) is 8.47. The van der Waals surface area contributed by atoms with Gasteiger partial charge in [0.25, 0.3) is 0 Å². The predicted octanol–water partition coefficient (Wildman–Crippen LogP) is 1.95. The molecule has 0 N–H and O–H groups in total. The molecule has 1 aliphatic rings. The Morgan fingerprint density at radius 1 is 1.00 bits per heavy atom. The topological polar surface area (TPSA) is 41.5 Å². The highest BCUT2D eigenvalue weighted by Crippen LogP contribution is 2.21. The van der Waals surface area contributed by atoms with Crippen LogP contribution in [0.2, 0.25) is 0 Å². The fraction of sp³-hybridized carbons (Fsp3) is 0.333. The second kappa shape index (κ2) is 5.95. The largest absolute Gasteiger partial charge is 0.481 e. The summed E-state index contributed by atoms with van der Waals surface area (Å²) < 4.78 is 18.1. The maximum atomic E-state index is 13.0. The van der Waals surface area contributed by atoms with Crippen LogP contribution < -0.4 is 14.5 Å². The van der Waals surface area contributed by atoms with E-state index >= 15 is 0 Å². The number of benzene rings is 1. The first kappa shape index (κ1) is 13.6. The standard InChI is InChI=1S/C15H17FN4O/c1-21-15-10-14(17-11-18-15)20-8-6-19(7-9-20)13-4-2-12(16)3-5-13/h2-5,10-11H,6-9H2,1H3. The Morgan fingerprint density at radius 2 is 1.67 bits per heavy atom. The summed E-state index contributed by atoms with van der Waals surface area (Å²) in [4.78, 5) is 12.7. The van der Waals surface area contributed by atoms with Gasteiger partial charge in [-0.2, -0.15) is 0 Å². The van der Waals surface area contributed by atoms with Crippen LogP contribution in [-0.4, -0.2) is 43.3 Å². The Morgan fingerprint density at radius 3 is 2.33 bits per heavy atom. The van der Waals surface area contributed by atoms with Crippen LogP contribution in [0.15, 0.2) is 36.7 Å². The van der Waals surface area contributed by atoms with Crippen LogP contribution in [0.1, 0.15) is 0 Å². The molecule has 110 valence electrons. The minimum absolute atomic E-state index is 0.203. The van der Waals surface area contributed by atoms with Gasteiger partial charge in [-0.1, -0.05) is 0 Å². The van der Waals surface area contributed by atoms with E-state index < -0.39 is 0 Å². The number of hydrogen-bond donors (Lipinski definition) is 0. The normalized spacial score (nSPS) is 15.1. The lowest BCUT2D eigenvalue weighted by Crippen LogP contribution is -2.46. The van der Waals surface area contributed by atoms with Gasteiger partial charge in [0.1, 0.15) is 18.0 Å². The molecule has 1 aromatic heterocycles. The molecule has 1 aliphatic heterocycles. The minimum atomic E-state index is -0.203. The lowest BCUT2D eigenvalue weighted by molar-refractivity contribution is 0.396. The summed E-state index contributed by atoms with van der Waals surface area (Å²) in [7, 11) is 1.60. The van der Waals surface area contributed by atoms with Crippen molar-refractivity contribution in [1.82, 2.24) is 9.97 Å². The number of halogens is 1. The zero-order valence-corrected chi connectivity index (χ0v) is 11.9. The quantitative estimate of drug-likeness (QED) is 0.863. The Bertz CT molecular complexity index is 597. The molecule has 0 radical (unpaired) electrons. The third-order valence-corrected chi connectivity index (χ3v) is 3.63. The third kappa shape index (κ3) is 3.04. The van der Waals surface area contributed by atoms with Crippen molar-refractivity contribution in [3.8, 4) is 5.88 Å². The zero-order chi connectivity index (χ0) is 14.7. The van der Waals surface area contributed by atoms with Crippen LogP contribution in [0.4, 0.5) is 15.9 Å². The van der Waals surface area contributed by atoms with Crippen LogP contribution in [0.3, 0.4) is 0 Å². The van der Waals surface area contributed by atoms with Crippen LogP contribution in [0, 0.1) is 5.82 Å². The maximum absolute atomic E-state index is 13.0. The summed E-state index contributed by atoms with van der Waals surface area (Å²) in [6.45, 7) is 3.46. The number of anilines is 2. The fourth-order valence-corrected chi connectivity index (χ4v) is 2.46. The maximum Gasteiger partial charge on any atom is 0.218 e. The van der Waals surface area contributed by atoms with Gasteiger partial charge in [-0.15, -0.1) is 0 Å². The number of rotatable bonds is 3. The van der Waals surface area contributed by atoms with Crippen molar-refractivity contribution in [2.24, 2.45) is 0 Å². The van der Waals surface area contributed by atoms with E-state index in [0.29, 0.717) is 5.88 Å². The molecule has 0 bridgehead atoms. The van der Waals surface area contributed by atoms with Crippen molar-refractivity contribution >= 4 is 11.5 Å². The van der Waals surface area contributed by atoms with Crippen LogP contribution in [0.5, 0.6) is 5.88 Å². The molecular formula is C15H17FN4O. The van der Waals surface area contributed by atoms with Crippen LogP contribution >= 0.6 is 0 Å². The monoisotopic (exact) mass is 288 g/mol. The molecule has 0 aliphatic carbocycles. The van der Waals surface area contributed by atoms with Gasteiger partial charge in [0, 0.05) is 37.9 Å². The third-order valence-electron chi connectivity index (χ3n) is 3.63. The SMILES string of the molecule is COc1cc(N2CCN(c3ccc(F)cc3)CC2)ncn1. The smallest absolute Gasteiger partial charge is 0.218 e. The van der Waals surface area contributed by atoms with Gasteiger partial charge in [-0.3, -0.25) is 0 Å². The first-order valence-corrected chi connectivity index (χ1v) is 6.88. The van der Waals surface area contributed by atoms with Gasteiger partial charge in [-0.25, -0.2) is 14.4 Å². The lowest BCUT2D eigenvalue weighted by Gasteiger charge is -2.36. The van der Waals surface area contributed by atoms with E-state index in [1.807, 2.05) is 18.2 Å². The number of piperazine rings is 1. The minimum Gasteiger partial charge on any atom is -0.481 e. The van der Waals surface area contributed by atoms with E-state index in [4.69, 9.17) is 4.74 Å². The summed E-state index contributed by atoms with van der Waals surface area (Å²) in [5.41, 5.74) is 1.05. The fourth-order valence-electron chi connectivity index (χ4n) is 2.46. The first-order valence-electron chi connectivity index (χ1n) is 6.88. The summed E-state index contributed by atoms with van der Waals surface area (Å²) in [6.07, 6.45) is 1.51. The van der Waals surface area contributed by atoms with E-state index in [1.54, 1.807) is 7.11 Å². The molecule has 1 fully saturated rings. The van der Waals surface area contributed by atoms with E-state index in [9.17, 15) is 4.39 Å². The van der Waals surface area contributed by atoms with E-state index in [-0.39, 0.29) is 5.82 Å². The van der Waals surface area contributed by atoms with Crippen molar-refractivity contribution in [3.63, 3.8) is 0 Å². The highest BCUT2D eigenvalue weighted by Gasteiger charge is 2.18. The van der Waals surface area contributed by atoms with Gasteiger partial charge in [0.2, 0.25) is 5.88 Å². The number of hydrogen-bond acceptors (Lipinski definition) is 5. The average molecular weight is 288 g/mol. The molecule has 21 heavy (non-hydrogen) atoms. The molecule has 0 amide bonds. The lowest BCUT2D eigenvalue weighted by atomic mass is 10.2. The van der Waals surface area contributed by atoms with Crippen LogP contribution in [0.25, 0.3) is 0 Å². The highest BCUT2D eigenvalue weighted by molar-refractivity contribution is 5.49. The van der Waals surface area contributed by atoms with Gasteiger partial charge in [-0.05, 0) is 24.3 Å². The number of methoxy groups -OCH3 is 1. The highest BCUT2D eigenvalue weighted by atomic mass is 19.1. The molecule has 0 unspecified atom stereocenters. The Hall–Kier alpha value is -2.37. The molecule has 1 saturated heterocycles. The van der Waals surface area contributed by atoms with Crippen molar-refractivity contribution in [3.05, 3.63) is 42.5 Å². The van der Waals surface area contributed by atoms with Gasteiger partial charge in [0.05, 0.1) is 7.11 Å². The molecule has 0 atom stereocenters. The predicted molar refractivity (Wildman–Crippen MR) is 79.4 cm³/mol. The molecule has 2 aromatic rings. The van der Waals surface area contributed by atoms with Gasteiger partial charge < -0.3 is 14.5 Å². The molecule has 5 nitrogen and oxygen atoms in total. The molecular weight excluding hydrogens is 271 g/mol. The van der Waals surface area contributed by atoms with Gasteiger partial charge >= 0.3 is 0 Å². The molecule has 1 aromatic carbocycles. The summed E-state index contributed by atoms with van der Waals surface area (Å²) in [5, 5.41) is 0. The second-order valence-electron chi connectivity index (χ2n) is 4.87. The Balaban J connectivity index is 1.65. The van der Waals surface area contributed by atoms with Gasteiger partial charge in [0.15, 0.2) is 0 Å². The first-order chi connectivity index (χ1) is 10.3. The van der Waals surface area contributed by atoms with E-state index in [2.05, 4.69) is 19.8 Å². The molecule has 0 spiro atoms. The Labute approximate surface area is 123 Å². The number of nitrogens with zero attached hydrogens (tertiary/aromatic N) is 4. The van der Waals surface area contributed by atoms with E-state index in [0.717, 1.165) is 37.7 Å². The molecule has 3 rings (SSSR count). The summed E-state index contributed by atoms with van der Waals surface area (Å²) >= 11 is 0. The Kier molecular flexibility index (Phi) is 3.85. The van der Waals surface area contributed by atoms with Crippen LogP contribution in [-0.2, 0) is 0 Å². The second-order valence-corrected chi connectivity index (χ2v) is 4.87. The average Bonchev–Trinajstić information content (AvgIpc) is 2.56.